The molecule has 0 spiro atoms. The van der Waals surface area contributed by atoms with E-state index in [1.54, 1.807) is 0 Å². The second-order valence-electron chi connectivity index (χ2n) is 6.59. The molecule has 5 nitrogen and oxygen atoms in total. The average molecular weight is 295 g/mol. The zero-order valence-electron chi connectivity index (χ0n) is 13.4. The Morgan fingerprint density at radius 1 is 1.29 bits per heavy atom. The zero-order valence-corrected chi connectivity index (χ0v) is 13.4. The van der Waals surface area contributed by atoms with Crippen LogP contribution in [0.4, 0.5) is 0 Å². The van der Waals surface area contributed by atoms with Crippen LogP contribution >= 0.6 is 0 Å². The predicted molar refractivity (Wildman–Crippen MR) is 82.8 cm³/mol. The molecular formula is C16H29N3O2. The molecule has 0 aromatic heterocycles. The van der Waals surface area contributed by atoms with Gasteiger partial charge in [0.05, 0.1) is 0 Å². The van der Waals surface area contributed by atoms with Gasteiger partial charge in [-0.3, -0.25) is 9.59 Å². The lowest BCUT2D eigenvalue weighted by Crippen LogP contribution is -2.53. The van der Waals surface area contributed by atoms with E-state index in [1.165, 1.54) is 6.42 Å². The molecule has 5 heteroatoms. The van der Waals surface area contributed by atoms with Gasteiger partial charge in [0.1, 0.15) is 0 Å². The highest BCUT2D eigenvalue weighted by Gasteiger charge is 2.26. The molecular weight excluding hydrogens is 266 g/mol. The van der Waals surface area contributed by atoms with Gasteiger partial charge in [-0.15, -0.1) is 0 Å². The minimum absolute atomic E-state index is 0.0750. The lowest BCUT2D eigenvalue weighted by molar-refractivity contribution is -0.134. The van der Waals surface area contributed by atoms with E-state index in [-0.39, 0.29) is 29.8 Å². The van der Waals surface area contributed by atoms with Crippen molar-refractivity contribution >= 4 is 11.8 Å². The van der Waals surface area contributed by atoms with E-state index in [0.717, 1.165) is 45.3 Å². The summed E-state index contributed by atoms with van der Waals surface area (Å²) >= 11 is 0. The van der Waals surface area contributed by atoms with Crippen molar-refractivity contribution < 1.29 is 9.59 Å². The first kappa shape index (κ1) is 16.3. The predicted octanol–water partition coefficient (Wildman–Crippen LogP) is 1.28. The van der Waals surface area contributed by atoms with Crippen LogP contribution in [0.15, 0.2) is 0 Å². The third-order valence-electron chi connectivity index (χ3n) is 4.67. The fourth-order valence-electron chi connectivity index (χ4n) is 3.37. The molecule has 1 unspecified atom stereocenters. The first-order valence-electron chi connectivity index (χ1n) is 8.38. The summed E-state index contributed by atoms with van der Waals surface area (Å²) in [4.78, 5) is 26.4. The van der Waals surface area contributed by atoms with Gasteiger partial charge in [-0.2, -0.15) is 0 Å². The lowest BCUT2D eigenvalue weighted by atomic mass is 9.88. The van der Waals surface area contributed by atoms with Gasteiger partial charge in [0, 0.05) is 44.1 Å². The van der Waals surface area contributed by atoms with Crippen LogP contribution in [0.1, 0.15) is 52.4 Å². The van der Waals surface area contributed by atoms with Crippen LogP contribution in [0, 0.1) is 5.92 Å². The van der Waals surface area contributed by atoms with Crippen molar-refractivity contribution in [2.75, 3.05) is 19.6 Å². The number of piperazine rings is 1. The highest BCUT2D eigenvalue weighted by molar-refractivity contribution is 5.81. The molecule has 1 aliphatic heterocycles. The average Bonchev–Trinajstić information content (AvgIpc) is 2.48. The van der Waals surface area contributed by atoms with E-state index in [4.69, 9.17) is 0 Å². The molecule has 2 N–H and O–H groups in total. The van der Waals surface area contributed by atoms with Gasteiger partial charge in [-0.1, -0.05) is 19.3 Å². The van der Waals surface area contributed by atoms with E-state index >= 15 is 0 Å². The van der Waals surface area contributed by atoms with Gasteiger partial charge in [-0.25, -0.2) is 0 Å². The molecule has 0 radical (unpaired) electrons. The van der Waals surface area contributed by atoms with Gasteiger partial charge in [0.25, 0.3) is 0 Å². The SMILES string of the molecule is CC(CC(=O)N1CCNC[C@H]1C)NC(=O)C1CCCCC1. The molecule has 2 amide bonds. The Morgan fingerprint density at radius 3 is 2.67 bits per heavy atom. The van der Waals surface area contributed by atoms with E-state index in [1.807, 2.05) is 11.8 Å². The summed E-state index contributed by atoms with van der Waals surface area (Å²) in [6.07, 6.45) is 5.97. The van der Waals surface area contributed by atoms with Crippen molar-refractivity contribution in [2.24, 2.45) is 5.92 Å². The number of amides is 2. The van der Waals surface area contributed by atoms with Gasteiger partial charge in [-0.05, 0) is 26.7 Å². The Kier molecular flexibility index (Phi) is 6.03. The molecule has 0 aromatic carbocycles. The van der Waals surface area contributed by atoms with E-state index in [0.29, 0.717) is 6.42 Å². The summed E-state index contributed by atoms with van der Waals surface area (Å²) in [5, 5.41) is 6.32. The zero-order chi connectivity index (χ0) is 15.2. The van der Waals surface area contributed by atoms with E-state index < -0.39 is 0 Å². The molecule has 0 bridgehead atoms. The summed E-state index contributed by atoms with van der Waals surface area (Å²) in [5.74, 6) is 0.457. The minimum Gasteiger partial charge on any atom is -0.353 e. The summed E-state index contributed by atoms with van der Waals surface area (Å²) in [5.41, 5.74) is 0. The van der Waals surface area contributed by atoms with E-state index in [9.17, 15) is 9.59 Å². The molecule has 2 aliphatic rings. The Labute approximate surface area is 127 Å². The summed E-state index contributed by atoms with van der Waals surface area (Å²) in [6.45, 7) is 6.48. The second-order valence-corrected chi connectivity index (χ2v) is 6.59. The fraction of sp³-hybridized carbons (Fsp3) is 0.875. The summed E-state index contributed by atoms with van der Waals surface area (Å²) in [7, 11) is 0. The van der Waals surface area contributed by atoms with E-state index in [2.05, 4.69) is 17.6 Å². The number of carbonyl (C=O) groups excluding carboxylic acids is 2. The molecule has 0 aromatic rings. The number of hydrogen-bond acceptors (Lipinski definition) is 3. The molecule has 2 atom stereocenters. The van der Waals surface area contributed by atoms with Gasteiger partial charge >= 0.3 is 0 Å². The molecule has 2 rings (SSSR count). The van der Waals surface area contributed by atoms with Crippen molar-refractivity contribution in [2.45, 2.75) is 64.5 Å². The van der Waals surface area contributed by atoms with Gasteiger partial charge in [0.2, 0.25) is 11.8 Å². The monoisotopic (exact) mass is 295 g/mol. The van der Waals surface area contributed by atoms with Crippen molar-refractivity contribution in [3.8, 4) is 0 Å². The fourth-order valence-corrected chi connectivity index (χ4v) is 3.37. The maximum atomic E-state index is 12.3. The Balaban J connectivity index is 1.76. The Morgan fingerprint density at radius 2 is 2.00 bits per heavy atom. The first-order valence-corrected chi connectivity index (χ1v) is 8.38. The molecule has 2 fully saturated rings. The van der Waals surface area contributed by atoms with Crippen molar-refractivity contribution in [1.29, 1.82) is 0 Å². The van der Waals surface area contributed by atoms with Crippen molar-refractivity contribution in [3.63, 3.8) is 0 Å². The van der Waals surface area contributed by atoms with Crippen LogP contribution in [0.5, 0.6) is 0 Å². The standard InChI is InChI=1S/C16H29N3O2/c1-12(18-16(21)14-6-4-3-5-7-14)10-15(20)19-9-8-17-11-13(19)2/h12-14,17H,3-11H2,1-2H3,(H,18,21)/t12?,13-/m1/s1. The second kappa shape index (κ2) is 7.78. The molecule has 120 valence electrons. The van der Waals surface area contributed by atoms with Crippen LogP contribution in [0.2, 0.25) is 0 Å². The largest absolute Gasteiger partial charge is 0.353 e. The number of carbonyl (C=O) groups is 2. The first-order chi connectivity index (χ1) is 10.1. The Hall–Kier alpha value is -1.10. The van der Waals surface area contributed by atoms with Crippen LogP contribution in [0.25, 0.3) is 0 Å². The minimum atomic E-state index is -0.0750. The molecule has 1 saturated heterocycles. The number of nitrogens with one attached hydrogen (secondary N) is 2. The Bertz CT molecular complexity index is 367. The lowest BCUT2D eigenvalue weighted by Gasteiger charge is -2.34. The van der Waals surface area contributed by atoms with Crippen molar-refractivity contribution in [3.05, 3.63) is 0 Å². The number of hydrogen-bond donors (Lipinski definition) is 2. The topological polar surface area (TPSA) is 61.4 Å². The highest BCUT2D eigenvalue weighted by atomic mass is 16.2. The number of nitrogens with zero attached hydrogens (tertiary/aromatic N) is 1. The van der Waals surface area contributed by atoms with Crippen LogP contribution in [-0.2, 0) is 9.59 Å². The third kappa shape index (κ3) is 4.70. The van der Waals surface area contributed by atoms with Crippen LogP contribution < -0.4 is 10.6 Å². The molecule has 1 heterocycles. The molecule has 1 saturated carbocycles. The maximum Gasteiger partial charge on any atom is 0.224 e. The summed E-state index contributed by atoms with van der Waals surface area (Å²) < 4.78 is 0. The van der Waals surface area contributed by atoms with Crippen molar-refractivity contribution in [1.82, 2.24) is 15.5 Å². The third-order valence-corrected chi connectivity index (χ3v) is 4.67. The van der Waals surface area contributed by atoms with Gasteiger partial charge < -0.3 is 15.5 Å². The normalized spacial score (nSPS) is 25.4. The van der Waals surface area contributed by atoms with Crippen LogP contribution in [0.3, 0.4) is 0 Å². The quantitative estimate of drug-likeness (QED) is 0.821. The highest BCUT2D eigenvalue weighted by Crippen LogP contribution is 2.23. The summed E-state index contributed by atoms with van der Waals surface area (Å²) in [6, 6.07) is 0.168. The number of rotatable bonds is 4. The smallest absolute Gasteiger partial charge is 0.224 e. The van der Waals surface area contributed by atoms with Gasteiger partial charge in [0.15, 0.2) is 0 Å². The van der Waals surface area contributed by atoms with Crippen LogP contribution in [-0.4, -0.2) is 48.4 Å². The maximum absolute atomic E-state index is 12.3. The molecule has 21 heavy (non-hydrogen) atoms. The molecule has 1 aliphatic carbocycles.